The molecule has 0 saturated heterocycles. The fourth-order valence-corrected chi connectivity index (χ4v) is 1.54. The molecule has 0 saturated carbocycles. The SMILES string of the molecule is COc1ccc(N(C)CC(C(=O)O)C(F)(F)F)cc1. The van der Waals surface area contributed by atoms with Crippen molar-refractivity contribution in [2.45, 2.75) is 6.18 Å². The summed E-state index contributed by atoms with van der Waals surface area (Å²) in [4.78, 5) is 11.9. The number of aliphatic carboxylic acids is 1. The molecule has 7 heteroatoms. The number of benzene rings is 1. The van der Waals surface area contributed by atoms with Gasteiger partial charge in [0.1, 0.15) is 5.75 Å². The van der Waals surface area contributed by atoms with Gasteiger partial charge in [-0.1, -0.05) is 0 Å². The van der Waals surface area contributed by atoms with Crippen molar-refractivity contribution in [3.8, 4) is 5.75 Å². The summed E-state index contributed by atoms with van der Waals surface area (Å²) in [5.41, 5.74) is 0.483. The molecule has 1 aromatic rings. The highest BCUT2D eigenvalue weighted by atomic mass is 19.4. The minimum absolute atomic E-state index is 0.483. The number of hydrogen-bond donors (Lipinski definition) is 1. The lowest BCUT2D eigenvalue weighted by Crippen LogP contribution is -2.40. The summed E-state index contributed by atoms with van der Waals surface area (Å²) >= 11 is 0. The van der Waals surface area contributed by atoms with Crippen molar-refractivity contribution in [2.24, 2.45) is 5.92 Å². The Labute approximate surface area is 108 Å². The molecule has 0 heterocycles. The zero-order valence-electron chi connectivity index (χ0n) is 10.4. The van der Waals surface area contributed by atoms with Crippen LogP contribution >= 0.6 is 0 Å². The maximum absolute atomic E-state index is 12.5. The average molecular weight is 277 g/mol. The topological polar surface area (TPSA) is 49.8 Å². The van der Waals surface area contributed by atoms with Crippen LogP contribution in [-0.2, 0) is 4.79 Å². The van der Waals surface area contributed by atoms with Crippen LogP contribution in [0.5, 0.6) is 5.75 Å². The predicted molar refractivity (Wildman–Crippen MR) is 63.4 cm³/mol. The van der Waals surface area contributed by atoms with Gasteiger partial charge >= 0.3 is 12.1 Å². The number of nitrogens with zero attached hydrogens (tertiary/aromatic N) is 1. The Morgan fingerprint density at radius 3 is 2.26 bits per heavy atom. The third kappa shape index (κ3) is 4.04. The monoisotopic (exact) mass is 277 g/mol. The van der Waals surface area contributed by atoms with Crippen LogP contribution in [0.2, 0.25) is 0 Å². The highest BCUT2D eigenvalue weighted by Crippen LogP contribution is 2.28. The van der Waals surface area contributed by atoms with Crippen molar-refractivity contribution in [3.05, 3.63) is 24.3 Å². The molecule has 0 spiro atoms. The van der Waals surface area contributed by atoms with Gasteiger partial charge in [-0.2, -0.15) is 13.2 Å². The van der Waals surface area contributed by atoms with Gasteiger partial charge in [0.15, 0.2) is 5.92 Å². The number of methoxy groups -OCH3 is 1. The number of anilines is 1. The smallest absolute Gasteiger partial charge is 0.403 e. The Hall–Kier alpha value is -1.92. The molecule has 0 aromatic heterocycles. The molecule has 0 amide bonds. The Morgan fingerprint density at radius 2 is 1.89 bits per heavy atom. The lowest BCUT2D eigenvalue weighted by molar-refractivity contribution is -0.191. The van der Waals surface area contributed by atoms with E-state index in [1.165, 1.54) is 19.1 Å². The van der Waals surface area contributed by atoms with Crippen LogP contribution in [0.25, 0.3) is 0 Å². The number of rotatable bonds is 5. The van der Waals surface area contributed by atoms with E-state index in [0.29, 0.717) is 11.4 Å². The maximum atomic E-state index is 12.5. The molecule has 1 N–H and O–H groups in total. The van der Waals surface area contributed by atoms with E-state index in [9.17, 15) is 18.0 Å². The molecular formula is C12H14F3NO3. The number of carbonyl (C=O) groups is 1. The van der Waals surface area contributed by atoms with Gasteiger partial charge < -0.3 is 14.7 Å². The zero-order valence-corrected chi connectivity index (χ0v) is 10.4. The lowest BCUT2D eigenvalue weighted by Gasteiger charge is -2.25. The van der Waals surface area contributed by atoms with Gasteiger partial charge in [0.25, 0.3) is 0 Å². The normalized spacial score (nSPS) is 12.9. The predicted octanol–water partition coefficient (Wildman–Crippen LogP) is 2.39. The second-order valence-electron chi connectivity index (χ2n) is 4.01. The standard InChI is InChI=1S/C12H14F3NO3/c1-16(7-10(11(17)18)12(13,14)15)8-3-5-9(19-2)6-4-8/h3-6,10H,7H2,1-2H3,(H,17,18). The summed E-state index contributed by atoms with van der Waals surface area (Å²) in [7, 11) is 2.88. The first kappa shape index (κ1) is 15.1. The Kier molecular flexibility index (Phi) is 4.63. The molecule has 1 unspecified atom stereocenters. The Bertz CT molecular complexity index is 431. The van der Waals surface area contributed by atoms with Crippen LogP contribution in [0.4, 0.5) is 18.9 Å². The highest BCUT2D eigenvalue weighted by molar-refractivity contribution is 5.72. The minimum Gasteiger partial charge on any atom is -0.497 e. The molecule has 0 bridgehead atoms. The maximum Gasteiger partial charge on any atom is 0.403 e. The van der Waals surface area contributed by atoms with Crippen molar-refractivity contribution >= 4 is 11.7 Å². The number of hydrogen-bond acceptors (Lipinski definition) is 3. The molecule has 0 radical (unpaired) electrons. The summed E-state index contributed by atoms with van der Waals surface area (Å²) in [6.07, 6.45) is -4.77. The van der Waals surface area contributed by atoms with Gasteiger partial charge in [0, 0.05) is 19.3 Å². The Balaban J connectivity index is 2.81. The fraction of sp³-hybridized carbons (Fsp3) is 0.417. The van der Waals surface area contributed by atoms with Gasteiger partial charge in [-0.3, -0.25) is 4.79 Å². The van der Waals surface area contributed by atoms with E-state index in [1.54, 1.807) is 24.3 Å². The van der Waals surface area contributed by atoms with Crippen molar-refractivity contribution < 1.29 is 27.8 Å². The van der Waals surface area contributed by atoms with Crippen molar-refractivity contribution in [2.75, 3.05) is 25.6 Å². The van der Waals surface area contributed by atoms with Crippen LogP contribution < -0.4 is 9.64 Å². The van der Waals surface area contributed by atoms with E-state index in [4.69, 9.17) is 9.84 Å². The van der Waals surface area contributed by atoms with Crippen LogP contribution in [0, 0.1) is 5.92 Å². The van der Waals surface area contributed by atoms with Gasteiger partial charge in [0.05, 0.1) is 7.11 Å². The zero-order chi connectivity index (χ0) is 14.6. The molecule has 0 aliphatic heterocycles. The van der Waals surface area contributed by atoms with Crippen LogP contribution in [0.1, 0.15) is 0 Å². The highest BCUT2D eigenvalue weighted by Gasteiger charge is 2.45. The molecule has 0 fully saturated rings. The van der Waals surface area contributed by atoms with E-state index >= 15 is 0 Å². The van der Waals surface area contributed by atoms with E-state index in [1.807, 2.05) is 0 Å². The van der Waals surface area contributed by atoms with Gasteiger partial charge in [-0.25, -0.2) is 0 Å². The lowest BCUT2D eigenvalue weighted by atomic mass is 10.1. The van der Waals surface area contributed by atoms with Crippen LogP contribution in [-0.4, -0.2) is 38.0 Å². The summed E-state index contributed by atoms with van der Waals surface area (Å²) in [6, 6.07) is 6.31. The second-order valence-corrected chi connectivity index (χ2v) is 4.01. The molecule has 0 aliphatic rings. The summed E-state index contributed by atoms with van der Waals surface area (Å²) in [6.45, 7) is -0.648. The van der Waals surface area contributed by atoms with E-state index < -0.39 is 24.6 Å². The number of halogens is 3. The molecule has 4 nitrogen and oxygen atoms in total. The van der Waals surface area contributed by atoms with Gasteiger partial charge in [-0.05, 0) is 24.3 Å². The van der Waals surface area contributed by atoms with E-state index in [-0.39, 0.29) is 0 Å². The number of carboxylic acid groups (broad SMARTS) is 1. The van der Waals surface area contributed by atoms with Crippen molar-refractivity contribution in [3.63, 3.8) is 0 Å². The van der Waals surface area contributed by atoms with Gasteiger partial charge in [0.2, 0.25) is 0 Å². The average Bonchev–Trinajstić information content (AvgIpc) is 2.34. The first-order valence-corrected chi connectivity index (χ1v) is 5.40. The number of carboxylic acids is 1. The number of ether oxygens (including phenoxy) is 1. The molecule has 1 rings (SSSR count). The largest absolute Gasteiger partial charge is 0.497 e. The van der Waals surface area contributed by atoms with Crippen LogP contribution in [0.3, 0.4) is 0 Å². The molecule has 0 aliphatic carbocycles. The second kappa shape index (κ2) is 5.81. The third-order valence-electron chi connectivity index (χ3n) is 2.66. The van der Waals surface area contributed by atoms with E-state index in [2.05, 4.69) is 0 Å². The van der Waals surface area contributed by atoms with Gasteiger partial charge in [-0.15, -0.1) is 0 Å². The Morgan fingerprint density at radius 1 is 1.37 bits per heavy atom. The molecule has 1 aromatic carbocycles. The van der Waals surface area contributed by atoms with Crippen LogP contribution in [0.15, 0.2) is 24.3 Å². The third-order valence-corrected chi connectivity index (χ3v) is 2.66. The van der Waals surface area contributed by atoms with Crippen molar-refractivity contribution in [1.82, 2.24) is 0 Å². The quantitative estimate of drug-likeness (QED) is 0.897. The number of alkyl halides is 3. The molecule has 19 heavy (non-hydrogen) atoms. The van der Waals surface area contributed by atoms with E-state index in [0.717, 1.165) is 0 Å². The fourth-order valence-electron chi connectivity index (χ4n) is 1.54. The molecule has 1 atom stereocenters. The molecule has 106 valence electrons. The summed E-state index contributed by atoms with van der Waals surface area (Å²) in [5, 5.41) is 8.62. The summed E-state index contributed by atoms with van der Waals surface area (Å²) < 4.78 is 42.5. The summed E-state index contributed by atoms with van der Waals surface area (Å²) in [5.74, 6) is -3.73. The molecular weight excluding hydrogens is 263 g/mol. The minimum atomic E-state index is -4.77. The first-order valence-electron chi connectivity index (χ1n) is 5.40. The first-order chi connectivity index (χ1) is 8.75. The van der Waals surface area contributed by atoms with Crippen molar-refractivity contribution in [1.29, 1.82) is 0 Å².